The minimum atomic E-state index is -4.61. The van der Waals surface area contributed by atoms with Crippen LogP contribution >= 0.6 is 11.6 Å². The highest BCUT2D eigenvalue weighted by Gasteiger charge is 2.41. The molecule has 11 heteroatoms. The molecule has 1 aromatic heterocycles. The first-order chi connectivity index (χ1) is 15.6. The third kappa shape index (κ3) is 5.69. The number of nitrogens with zero attached hydrogens (tertiary/aromatic N) is 2. The summed E-state index contributed by atoms with van der Waals surface area (Å²) < 4.78 is 48.0. The normalized spacial score (nSPS) is 24.4. The Balaban J connectivity index is 1.22. The van der Waals surface area contributed by atoms with Crippen molar-refractivity contribution >= 4 is 23.2 Å². The lowest BCUT2D eigenvalue weighted by Crippen LogP contribution is -2.41. The van der Waals surface area contributed by atoms with E-state index in [9.17, 15) is 23.1 Å². The largest absolute Gasteiger partial charge is 0.522 e. The van der Waals surface area contributed by atoms with Crippen molar-refractivity contribution in [1.29, 1.82) is 0 Å². The van der Waals surface area contributed by atoms with Crippen LogP contribution in [0.1, 0.15) is 48.8 Å². The number of alkyl halides is 3. The van der Waals surface area contributed by atoms with Gasteiger partial charge in [-0.25, -0.2) is 4.68 Å². The number of hydrogen-bond donors (Lipinski definition) is 2. The Morgan fingerprint density at radius 2 is 2.12 bits per heavy atom. The van der Waals surface area contributed by atoms with E-state index in [4.69, 9.17) is 16.3 Å². The van der Waals surface area contributed by atoms with E-state index in [2.05, 4.69) is 21.7 Å². The van der Waals surface area contributed by atoms with Gasteiger partial charge in [-0.1, -0.05) is 18.2 Å². The van der Waals surface area contributed by atoms with Crippen LogP contribution in [0.15, 0.2) is 37.2 Å². The molecule has 2 aliphatic rings. The van der Waals surface area contributed by atoms with Gasteiger partial charge in [0.25, 0.3) is 5.91 Å². The minimum absolute atomic E-state index is 0.0359. The Morgan fingerprint density at radius 3 is 2.85 bits per heavy atom. The molecule has 1 aliphatic heterocycles. The van der Waals surface area contributed by atoms with Crippen LogP contribution in [0.3, 0.4) is 0 Å². The number of aromatic nitrogens is 2. The van der Waals surface area contributed by atoms with Gasteiger partial charge in [-0.05, 0) is 42.5 Å². The topological polar surface area (TPSA) is 85.6 Å². The molecule has 2 atom stereocenters. The molecule has 0 saturated heterocycles. The van der Waals surface area contributed by atoms with Gasteiger partial charge in [0, 0.05) is 41.9 Å². The Kier molecular flexibility index (Phi) is 6.69. The van der Waals surface area contributed by atoms with E-state index in [-0.39, 0.29) is 37.6 Å². The summed E-state index contributed by atoms with van der Waals surface area (Å²) in [5.41, 5.74) is 2.00. The number of rotatable bonds is 7. The Bertz CT molecular complexity index is 1040. The number of fused-ring (bicyclic) bond motifs is 1. The molecule has 0 spiro atoms. The van der Waals surface area contributed by atoms with Crippen LogP contribution in [-0.2, 0) is 9.53 Å². The van der Waals surface area contributed by atoms with E-state index in [0.717, 1.165) is 5.56 Å². The van der Waals surface area contributed by atoms with Crippen LogP contribution in [-0.4, -0.2) is 45.9 Å². The molecule has 1 aliphatic carbocycles. The quantitative estimate of drug-likeness (QED) is 0.614. The first-order valence-corrected chi connectivity index (χ1v) is 10.9. The Morgan fingerprint density at radius 1 is 1.36 bits per heavy atom. The number of benzene rings is 1. The standard InChI is InChI=1S/C22H23ClF3N3O4/c1-12(29-11-14(10-28-29)13-6-16(7-13)33-22(24,25)26)4-5-27-21(31)20-9-18(30)17-8-15(23)2-3-19(17)32-20/h2-3,8,10-11,13,16,18,20,30H,1,4-7,9H2,(H,27,31)/t13?,16?,18-,20+/m1/s1. The average Bonchev–Trinajstić information content (AvgIpc) is 3.19. The average molecular weight is 486 g/mol. The fraction of sp³-hybridized carbons (Fsp3) is 0.455. The van der Waals surface area contributed by atoms with Crippen molar-refractivity contribution in [3.8, 4) is 5.75 Å². The second-order valence-corrected chi connectivity index (χ2v) is 8.66. The van der Waals surface area contributed by atoms with Gasteiger partial charge in [0.1, 0.15) is 5.75 Å². The van der Waals surface area contributed by atoms with Gasteiger partial charge in [-0.2, -0.15) is 5.10 Å². The molecule has 178 valence electrons. The molecule has 1 aromatic carbocycles. The van der Waals surface area contributed by atoms with Crippen LogP contribution in [0.25, 0.3) is 5.70 Å². The lowest BCUT2D eigenvalue weighted by Gasteiger charge is -2.34. The van der Waals surface area contributed by atoms with Crippen molar-refractivity contribution in [3.05, 3.63) is 53.3 Å². The number of carbonyl (C=O) groups excluding carboxylic acids is 1. The second-order valence-electron chi connectivity index (χ2n) is 8.22. The fourth-order valence-electron chi connectivity index (χ4n) is 3.98. The summed E-state index contributed by atoms with van der Waals surface area (Å²) >= 11 is 5.94. The zero-order chi connectivity index (χ0) is 23.8. The van der Waals surface area contributed by atoms with Crippen LogP contribution < -0.4 is 10.1 Å². The number of aliphatic hydroxyl groups excluding tert-OH is 1. The van der Waals surface area contributed by atoms with Crippen LogP contribution in [0.4, 0.5) is 13.2 Å². The highest BCUT2D eigenvalue weighted by Crippen LogP contribution is 2.41. The molecule has 2 aromatic rings. The molecule has 4 rings (SSSR count). The number of halogens is 4. The maximum atomic E-state index is 12.5. The van der Waals surface area contributed by atoms with Gasteiger partial charge in [0.15, 0.2) is 6.10 Å². The molecular formula is C22H23ClF3N3O4. The Hall–Kier alpha value is -2.56. The highest BCUT2D eigenvalue weighted by molar-refractivity contribution is 6.30. The summed E-state index contributed by atoms with van der Waals surface area (Å²) in [4.78, 5) is 12.5. The minimum Gasteiger partial charge on any atom is -0.480 e. The molecule has 1 fully saturated rings. The van der Waals surface area contributed by atoms with Crippen LogP contribution in [0.2, 0.25) is 5.02 Å². The zero-order valence-electron chi connectivity index (χ0n) is 17.5. The third-order valence-electron chi connectivity index (χ3n) is 5.84. The van der Waals surface area contributed by atoms with E-state index in [0.29, 0.717) is 28.5 Å². The first-order valence-electron chi connectivity index (χ1n) is 10.5. The van der Waals surface area contributed by atoms with Gasteiger partial charge in [-0.15, -0.1) is 13.2 Å². The van der Waals surface area contributed by atoms with Crippen molar-refractivity contribution in [2.45, 2.75) is 56.3 Å². The predicted octanol–water partition coefficient (Wildman–Crippen LogP) is 4.18. The van der Waals surface area contributed by atoms with Crippen LogP contribution in [0, 0.1) is 0 Å². The lowest BCUT2D eigenvalue weighted by molar-refractivity contribution is -0.351. The maximum absolute atomic E-state index is 12.5. The van der Waals surface area contributed by atoms with Crippen LogP contribution in [0.5, 0.6) is 5.75 Å². The van der Waals surface area contributed by atoms with E-state index in [1.165, 1.54) is 0 Å². The summed E-state index contributed by atoms with van der Waals surface area (Å²) in [5.74, 6) is 0.0330. The highest BCUT2D eigenvalue weighted by atomic mass is 35.5. The molecule has 0 unspecified atom stereocenters. The predicted molar refractivity (Wildman–Crippen MR) is 114 cm³/mol. The van der Waals surface area contributed by atoms with Gasteiger partial charge in [0.05, 0.1) is 18.4 Å². The number of carbonyl (C=O) groups is 1. The van der Waals surface area contributed by atoms with E-state index >= 15 is 0 Å². The molecule has 33 heavy (non-hydrogen) atoms. The molecule has 1 saturated carbocycles. The van der Waals surface area contributed by atoms with Crippen molar-refractivity contribution in [1.82, 2.24) is 15.1 Å². The van der Waals surface area contributed by atoms with Gasteiger partial charge < -0.3 is 15.2 Å². The van der Waals surface area contributed by atoms with Gasteiger partial charge in [-0.3, -0.25) is 9.53 Å². The second kappa shape index (κ2) is 9.36. The molecule has 7 nitrogen and oxygen atoms in total. The van der Waals surface area contributed by atoms with Crippen molar-refractivity contribution in [2.75, 3.05) is 6.54 Å². The first kappa shape index (κ1) is 23.6. The van der Waals surface area contributed by atoms with Gasteiger partial charge >= 0.3 is 6.36 Å². The number of ether oxygens (including phenoxy) is 2. The molecule has 1 amide bonds. The molecule has 0 bridgehead atoms. The summed E-state index contributed by atoms with van der Waals surface area (Å²) in [7, 11) is 0. The molecule has 0 radical (unpaired) electrons. The Labute approximate surface area is 193 Å². The summed E-state index contributed by atoms with van der Waals surface area (Å²) in [6, 6.07) is 4.87. The summed E-state index contributed by atoms with van der Waals surface area (Å²) in [6.07, 6.45) is -2.68. The molecular weight excluding hydrogens is 463 g/mol. The van der Waals surface area contributed by atoms with Crippen molar-refractivity contribution in [2.24, 2.45) is 0 Å². The third-order valence-corrected chi connectivity index (χ3v) is 6.07. The fourth-order valence-corrected chi connectivity index (χ4v) is 4.16. The summed E-state index contributed by atoms with van der Waals surface area (Å²) in [6.45, 7) is 4.24. The number of aliphatic hydroxyl groups is 1. The van der Waals surface area contributed by atoms with Crippen molar-refractivity contribution in [3.63, 3.8) is 0 Å². The molecule has 2 heterocycles. The number of hydrogen-bond acceptors (Lipinski definition) is 5. The van der Waals surface area contributed by atoms with E-state index < -0.39 is 24.7 Å². The maximum Gasteiger partial charge on any atom is 0.522 e. The zero-order valence-corrected chi connectivity index (χ0v) is 18.3. The number of amides is 1. The summed E-state index contributed by atoms with van der Waals surface area (Å²) in [5, 5.41) is 17.8. The van der Waals surface area contributed by atoms with E-state index in [1.807, 2.05) is 0 Å². The van der Waals surface area contributed by atoms with Gasteiger partial charge in [0.2, 0.25) is 0 Å². The van der Waals surface area contributed by atoms with Crippen molar-refractivity contribution < 1.29 is 32.5 Å². The lowest BCUT2D eigenvalue weighted by atomic mass is 9.79. The van der Waals surface area contributed by atoms with E-state index in [1.54, 1.807) is 35.3 Å². The SMILES string of the molecule is C=C(CCNC(=O)[C@@H]1C[C@@H](O)c2cc(Cl)ccc2O1)n1cc(C2CC(OC(F)(F)F)C2)cn1. The smallest absolute Gasteiger partial charge is 0.480 e. The molecule has 2 N–H and O–H groups in total. The monoisotopic (exact) mass is 485 g/mol. The number of nitrogens with one attached hydrogen (secondary N) is 1.